The van der Waals surface area contributed by atoms with E-state index in [4.69, 9.17) is 14.2 Å². The molecular formula is C57H110O6. The maximum Gasteiger partial charge on any atom is 0.306 e. The van der Waals surface area contributed by atoms with Crippen molar-refractivity contribution in [2.45, 2.75) is 323 Å². The third-order valence-electron chi connectivity index (χ3n) is 13.3. The van der Waals surface area contributed by atoms with E-state index in [-0.39, 0.29) is 31.1 Å². The molecule has 0 saturated carbocycles. The van der Waals surface area contributed by atoms with Crippen molar-refractivity contribution in [3.63, 3.8) is 0 Å². The second-order valence-electron chi connectivity index (χ2n) is 20.3. The van der Waals surface area contributed by atoms with Crippen LogP contribution in [0.15, 0.2) is 0 Å². The third-order valence-corrected chi connectivity index (χ3v) is 13.3. The summed E-state index contributed by atoms with van der Waals surface area (Å²) in [7, 11) is 0. The molecule has 0 fully saturated rings. The van der Waals surface area contributed by atoms with E-state index < -0.39 is 6.10 Å². The van der Waals surface area contributed by atoms with Gasteiger partial charge in [0.25, 0.3) is 0 Å². The number of ether oxygens (including phenoxy) is 3. The number of esters is 3. The Hall–Kier alpha value is -1.59. The molecule has 0 rings (SSSR count). The smallest absolute Gasteiger partial charge is 0.306 e. The van der Waals surface area contributed by atoms with Crippen LogP contribution < -0.4 is 0 Å². The van der Waals surface area contributed by atoms with Crippen LogP contribution in [-0.2, 0) is 28.6 Å². The van der Waals surface area contributed by atoms with Crippen LogP contribution in [0.1, 0.15) is 317 Å². The molecule has 0 N–H and O–H groups in total. The Balaban J connectivity index is 4.27. The molecule has 0 aromatic heterocycles. The molecule has 0 aliphatic carbocycles. The van der Waals surface area contributed by atoms with E-state index >= 15 is 0 Å². The maximum absolute atomic E-state index is 12.8. The number of rotatable bonds is 51. The number of hydrogen-bond acceptors (Lipinski definition) is 6. The summed E-state index contributed by atoms with van der Waals surface area (Å²) in [5.41, 5.74) is 0. The van der Waals surface area contributed by atoms with Gasteiger partial charge in [0.2, 0.25) is 0 Å². The Labute approximate surface area is 393 Å². The molecule has 6 heteroatoms. The summed E-state index contributed by atoms with van der Waals surface area (Å²) in [4.78, 5) is 38.1. The Morgan fingerprint density at radius 2 is 0.603 bits per heavy atom. The SMILES string of the molecule is CCCCCCCCCCCCCCC(=O)O[C@H](COC(=O)CCCCCCCCCCCCCCCCC(C)CC)COC(=O)CCCCCCCCCCCCCCC(C)C. The zero-order chi connectivity index (χ0) is 46.1. The van der Waals surface area contributed by atoms with Crippen molar-refractivity contribution in [3.8, 4) is 0 Å². The lowest BCUT2D eigenvalue weighted by Gasteiger charge is -2.18. The number of hydrogen-bond donors (Lipinski definition) is 0. The standard InChI is InChI=1S/C57H110O6/c1-6-8-9-10-11-12-13-22-29-34-39-44-49-57(60)63-54(51-62-56(59)48-43-38-33-28-24-19-18-20-25-30-35-40-45-52(3)4)50-61-55(58)47-42-37-32-27-23-17-15-14-16-21-26-31-36-41-46-53(5)7-2/h52-54H,6-51H2,1-5H3/t53?,54-/m1/s1. The lowest BCUT2D eigenvalue weighted by Crippen LogP contribution is -2.30. The van der Waals surface area contributed by atoms with E-state index in [9.17, 15) is 14.4 Å². The van der Waals surface area contributed by atoms with Crippen LogP contribution >= 0.6 is 0 Å². The van der Waals surface area contributed by atoms with E-state index in [0.717, 1.165) is 69.6 Å². The van der Waals surface area contributed by atoms with E-state index in [1.165, 1.54) is 205 Å². The van der Waals surface area contributed by atoms with Crippen molar-refractivity contribution in [1.29, 1.82) is 0 Å². The molecule has 0 aliphatic heterocycles. The van der Waals surface area contributed by atoms with Crippen molar-refractivity contribution in [2.75, 3.05) is 13.2 Å². The minimum atomic E-state index is -0.762. The Bertz CT molecular complexity index is 964. The molecular weight excluding hydrogens is 781 g/mol. The van der Waals surface area contributed by atoms with Crippen molar-refractivity contribution in [1.82, 2.24) is 0 Å². The Morgan fingerprint density at radius 1 is 0.333 bits per heavy atom. The van der Waals surface area contributed by atoms with Crippen LogP contribution in [0.5, 0.6) is 0 Å². The molecule has 0 saturated heterocycles. The highest BCUT2D eigenvalue weighted by Crippen LogP contribution is 2.18. The summed E-state index contributed by atoms with van der Waals surface area (Å²) in [5.74, 6) is 0.888. The second kappa shape index (κ2) is 49.8. The van der Waals surface area contributed by atoms with Crippen LogP contribution in [0.3, 0.4) is 0 Å². The first-order valence-corrected chi connectivity index (χ1v) is 28.3. The van der Waals surface area contributed by atoms with Crippen LogP contribution in [-0.4, -0.2) is 37.2 Å². The van der Waals surface area contributed by atoms with Gasteiger partial charge in [-0.05, 0) is 31.1 Å². The van der Waals surface area contributed by atoms with Crippen LogP contribution in [0, 0.1) is 11.8 Å². The average molecular weight is 892 g/mol. The monoisotopic (exact) mass is 891 g/mol. The quantitative estimate of drug-likeness (QED) is 0.0344. The number of carbonyl (C=O) groups excluding carboxylic acids is 3. The molecule has 6 nitrogen and oxygen atoms in total. The first-order chi connectivity index (χ1) is 30.8. The van der Waals surface area contributed by atoms with E-state index in [0.29, 0.717) is 19.3 Å². The summed E-state index contributed by atoms with van der Waals surface area (Å²) in [6, 6.07) is 0. The van der Waals surface area contributed by atoms with Gasteiger partial charge in [-0.3, -0.25) is 14.4 Å². The van der Waals surface area contributed by atoms with Gasteiger partial charge in [0.05, 0.1) is 0 Å². The molecule has 0 heterocycles. The lowest BCUT2D eigenvalue weighted by molar-refractivity contribution is -0.167. The summed E-state index contributed by atoms with van der Waals surface area (Å²) >= 11 is 0. The largest absolute Gasteiger partial charge is 0.462 e. The fraction of sp³-hybridized carbons (Fsp3) is 0.947. The zero-order valence-electron chi connectivity index (χ0n) is 43.2. The van der Waals surface area contributed by atoms with Gasteiger partial charge < -0.3 is 14.2 Å². The van der Waals surface area contributed by atoms with Crippen molar-refractivity contribution >= 4 is 17.9 Å². The first kappa shape index (κ1) is 61.4. The molecule has 0 bridgehead atoms. The van der Waals surface area contributed by atoms with Gasteiger partial charge in [-0.1, -0.05) is 279 Å². The highest BCUT2D eigenvalue weighted by atomic mass is 16.6. The van der Waals surface area contributed by atoms with E-state index in [2.05, 4.69) is 34.6 Å². The van der Waals surface area contributed by atoms with E-state index in [1.807, 2.05) is 0 Å². The summed E-state index contributed by atoms with van der Waals surface area (Å²) < 4.78 is 16.9. The highest BCUT2D eigenvalue weighted by molar-refractivity contribution is 5.71. The lowest BCUT2D eigenvalue weighted by atomic mass is 9.99. The van der Waals surface area contributed by atoms with Gasteiger partial charge in [0, 0.05) is 19.3 Å². The molecule has 63 heavy (non-hydrogen) atoms. The molecule has 0 spiro atoms. The maximum atomic E-state index is 12.8. The van der Waals surface area contributed by atoms with Crippen molar-refractivity contribution in [3.05, 3.63) is 0 Å². The van der Waals surface area contributed by atoms with Crippen molar-refractivity contribution in [2.24, 2.45) is 11.8 Å². The molecule has 0 radical (unpaired) electrons. The summed E-state index contributed by atoms with van der Waals surface area (Å²) in [6.45, 7) is 11.4. The van der Waals surface area contributed by atoms with E-state index in [1.54, 1.807) is 0 Å². The fourth-order valence-corrected chi connectivity index (χ4v) is 8.66. The molecule has 0 aliphatic rings. The van der Waals surface area contributed by atoms with Gasteiger partial charge >= 0.3 is 17.9 Å². The summed E-state index contributed by atoms with van der Waals surface area (Å²) in [6.07, 6.45) is 52.2. The van der Waals surface area contributed by atoms with Gasteiger partial charge in [0.15, 0.2) is 6.10 Å². The van der Waals surface area contributed by atoms with Gasteiger partial charge in [0.1, 0.15) is 13.2 Å². The second-order valence-corrected chi connectivity index (χ2v) is 20.3. The van der Waals surface area contributed by atoms with Crippen molar-refractivity contribution < 1.29 is 28.6 Å². The van der Waals surface area contributed by atoms with Gasteiger partial charge in [-0.15, -0.1) is 0 Å². The summed E-state index contributed by atoms with van der Waals surface area (Å²) in [5, 5.41) is 0. The van der Waals surface area contributed by atoms with Gasteiger partial charge in [-0.25, -0.2) is 0 Å². The molecule has 374 valence electrons. The number of carbonyl (C=O) groups is 3. The Morgan fingerprint density at radius 3 is 0.905 bits per heavy atom. The normalized spacial score (nSPS) is 12.5. The zero-order valence-corrected chi connectivity index (χ0v) is 43.2. The van der Waals surface area contributed by atoms with Gasteiger partial charge in [-0.2, -0.15) is 0 Å². The minimum Gasteiger partial charge on any atom is -0.462 e. The topological polar surface area (TPSA) is 78.9 Å². The molecule has 0 amide bonds. The number of unbranched alkanes of at least 4 members (excludes halogenated alkanes) is 35. The fourth-order valence-electron chi connectivity index (χ4n) is 8.66. The molecule has 1 unspecified atom stereocenters. The van der Waals surface area contributed by atoms with Crippen LogP contribution in [0.4, 0.5) is 0 Å². The highest BCUT2D eigenvalue weighted by Gasteiger charge is 2.19. The van der Waals surface area contributed by atoms with Crippen LogP contribution in [0.25, 0.3) is 0 Å². The molecule has 0 aromatic rings. The minimum absolute atomic E-state index is 0.0628. The van der Waals surface area contributed by atoms with Crippen LogP contribution in [0.2, 0.25) is 0 Å². The molecule has 2 atom stereocenters. The third kappa shape index (κ3) is 49.7. The Kier molecular flexibility index (Phi) is 48.6. The average Bonchev–Trinajstić information content (AvgIpc) is 3.27. The predicted molar refractivity (Wildman–Crippen MR) is 270 cm³/mol. The predicted octanol–water partition coefficient (Wildman–Crippen LogP) is 18.5. The first-order valence-electron chi connectivity index (χ1n) is 28.3. The molecule has 0 aromatic carbocycles.